The van der Waals surface area contributed by atoms with Crippen molar-refractivity contribution in [2.45, 2.75) is 56.8 Å². The number of rotatable bonds is 7. The third-order valence-electron chi connectivity index (χ3n) is 5.62. The van der Waals surface area contributed by atoms with E-state index in [1.165, 1.54) is 0 Å². The van der Waals surface area contributed by atoms with Crippen LogP contribution in [-0.2, 0) is 14.3 Å². The SMILES string of the molecule is C=CC[C@@H](NC(=O)CC1CCCCC12OCCCO2)c1ccc(OC)cc1. The molecule has 27 heavy (non-hydrogen) atoms. The van der Waals surface area contributed by atoms with Crippen LogP contribution in [0.5, 0.6) is 5.75 Å². The molecule has 2 atom stereocenters. The molecule has 1 saturated heterocycles. The molecule has 1 aromatic rings. The summed E-state index contributed by atoms with van der Waals surface area (Å²) >= 11 is 0. The molecule has 2 fully saturated rings. The van der Waals surface area contributed by atoms with Crippen molar-refractivity contribution < 1.29 is 19.0 Å². The van der Waals surface area contributed by atoms with Gasteiger partial charge in [0.15, 0.2) is 5.79 Å². The Morgan fingerprint density at radius 3 is 2.70 bits per heavy atom. The monoisotopic (exact) mass is 373 g/mol. The smallest absolute Gasteiger partial charge is 0.220 e. The number of ether oxygens (including phenoxy) is 3. The first-order valence-electron chi connectivity index (χ1n) is 9.99. The van der Waals surface area contributed by atoms with Gasteiger partial charge in [0, 0.05) is 18.8 Å². The molecule has 0 radical (unpaired) electrons. The average Bonchev–Trinajstić information content (AvgIpc) is 2.70. The maximum absolute atomic E-state index is 12.8. The minimum Gasteiger partial charge on any atom is -0.497 e. The van der Waals surface area contributed by atoms with Gasteiger partial charge >= 0.3 is 0 Å². The first kappa shape index (κ1) is 19.9. The maximum atomic E-state index is 12.8. The number of carbonyl (C=O) groups is 1. The van der Waals surface area contributed by atoms with Gasteiger partial charge in [0.2, 0.25) is 5.91 Å². The Bertz CT molecular complexity index is 613. The Balaban J connectivity index is 1.65. The summed E-state index contributed by atoms with van der Waals surface area (Å²) in [5.41, 5.74) is 1.05. The van der Waals surface area contributed by atoms with Gasteiger partial charge in [-0.3, -0.25) is 4.79 Å². The highest BCUT2D eigenvalue weighted by Gasteiger charge is 2.45. The summed E-state index contributed by atoms with van der Waals surface area (Å²) in [7, 11) is 1.65. The van der Waals surface area contributed by atoms with Crippen LogP contribution < -0.4 is 10.1 Å². The van der Waals surface area contributed by atoms with E-state index >= 15 is 0 Å². The lowest BCUT2D eigenvalue weighted by Crippen LogP contribution is -2.50. The maximum Gasteiger partial charge on any atom is 0.220 e. The summed E-state index contributed by atoms with van der Waals surface area (Å²) in [5, 5.41) is 3.18. The molecule has 5 heteroatoms. The van der Waals surface area contributed by atoms with E-state index in [2.05, 4.69) is 11.9 Å². The number of amides is 1. The second-order valence-electron chi connectivity index (χ2n) is 7.43. The number of benzene rings is 1. The highest BCUT2D eigenvalue weighted by Crippen LogP contribution is 2.41. The molecule has 148 valence electrons. The normalized spacial score (nSPS) is 22.8. The molecule has 1 heterocycles. The zero-order valence-electron chi connectivity index (χ0n) is 16.2. The van der Waals surface area contributed by atoms with Crippen molar-refractivity contribution in [3.63, 3.8) is 0 Å². The fourth-order valence-electron chi connectivity index (χ4n) is 4.17. The Morgan fingerprint density at radius 2 is 2.04 bits per heavy atom. The summed E-state index contributed by atoms with van der Waals surface area (Å²) in [6, 6.07) is 7.72. The van der Waals surface area contributed by atoms with Crippen LogP contribution in [0.3, 0.4) is 0 Å². The predicted octanol–water partition coefficient (Wildman–Crippen LogP) is 4.14. The van der Waals surface area contributed by atoms with Crippen molar-refractivity contribution in [3.05, 3.63) is 42.5 Å². The first-order chi connectivity index (χ1) is 13.2. The van der Waals surface area contributed by atoms with Crippen molar-refractivity contribution in [2.24, 2.45) is 5.92 Å². The van der Waals surface area contributed by atoms with Crippen LogP contribution in [-0.4, -0.2) is 32.0 Å². The lowest BCUT2D eigenvalue weighted by Gasteiger charge is -2.45. The van der Waals surface area contributed by atoms with E-state index < -0.39 is 5.79 Å². The van der Waals surface area contributed by atoms with E-state index in [0.717, 1.165) is 56.6 Å². The third-order valence-corrected chi connectivity index (χ3v) is 5.62. The van der Waals surface area contributed by atoms with Crippen LogP contribution in [0.1, 0.15) is 56.6 Å². The van der Waals surface area contributed by atoms with Gasteiger partial charge in [0.25, 0.3) is 0 Å². The molecule has 5 nitrogen and oxygen atoms in total. The summed E-state index contributed by atoms with van der Waals surface area (Å²) in [6.07, 6.45) is 7.97. The minimum atomic E-state index is -0.554. The van der Waals surface area contributed by atoms with E-state index in [1.54, 1.807) is 7.11 Å². The number of hydrogen-bond acceptors (Lipinski definition) is 4. The molecule has 1 spiro atoms. The number of carbonyl (C=O) groups excluding carboxylic acids is 1. The van der Waals surface area contributed by atoms with Crippen molar-refractivity contribution in [3.8, 4) is 5.75 Å². The number of nitrogens with one attached hydrogen (secondary N) is 1. The lowest BCUT2D eigenvalue weighted by atomic mass is 9.80. The molecule has 0 bridgehead atoms. The van der Waals surface area contributed by atoms with Gasteiger partial charge in [0.05, 0.1) is 26.4 Å². The second kappa shape index (κ2) is 9.38. The van der Waals surface area contributed by atoms with Gasteiger partial charge in [-0.25, -0.2) is 0 Å². The molecule has 1 saturated carbocycles. The van der Waals surface area contributed by atoms with Gasteiger partial charge in [-0.1, -0.05) is 24.6 Å². The van der Waals surface area contributed by atoms with Gasteiger partial charge < -0.3 is 19.5 Å². The van der Waals surface area contributed by atoms with Crippen molar-refractivity contribution in [1.29, 1.82) is 0 Å². The lowest BCUT2D eigenvalue weighted by molar-refractivity contribution is -0.305. The molecule has 0 aromatic heterocycles. The summed E-state index contributed by atoms with van der Waals surface area (Å²) in [5.74, 6) is 0.411. The summed E-state index contributed by atoms with van der Waals surface area (Å²) < 4.78 is 17.3. The van der Waals surface area contributed by atoms with Gasteiger partial charge in [0.1, 0.15) is 5.75 Å². The van der Waals surface area contributed by atoms with Crippen molar-refractivity contribution in [2.75, 3.05) is 20.3 Å². The molecule has 1 aliphatic carbocycles. The molecular weight excluding hydrogens is 342 g/mol. The molecule has 1 aliphatic heterocycles. The highest BCUT2D eigenvalue weighted by molar-refractivity contribution is 5.77. The van der Waals surface area contributed by atoms with E-state index in [4.69, 9.17) is 14.2 Å². The van der Waals surface area contributed by atoms with Crippen LogP contribution >= 0.6 is 0 Å². The Labute approximate surface area is 162 Å². The fourth-order valence-corrected chi connectivity index (χ4v) is 4.17. The van der Waals surface area contributed by atoms with Crippen molar-refractivity contribution in [1.82, 2.24) is 5.32 Å². The third kappa shape index (κ3) is 4.90. The highest BCUT2D eigenvalue weighted by atomic mass is 16.7. The quantitative estimate of drug-likeness (QED) is 0.730. The Hall–Kier alpha value is -1.85. The molecular formula is C22H31NO4. The van der Waals surface area contributed by atoms with E-state index in [9.17, 15) is 4.79 Å². The van der Waals surface area contributed by atoms with Crippen LogP contribution in [0.15, 0.2) is 36.9 Å². The van der Waals surface area contributed by atoms with Gasteiger partial charge in [-0.15, -0.1) is 6.58 Å². The molecule has 1 unspecified atom stereocenters. The molecule has 2 aliphatic rings. The zero-order valence-corrected chi connectivity index (χ0v) is 16.2. The van der Waals surface area contributed by atoms with Crippen LogP contribution in [0, 0.1) is 5.92 Å². The minimum absolute atomic E-state index is 0.0433. The van der Waals surface area contributed by atoms with Crippen LogP contribution in [0.2, 0.25) is 0 Å². The molecule has 3 rings (SSSR count). The van der Waals surface area contributed by atoms with Gasteiger partial charge in [-0.2, -0.15) is 0 Å². The molecule has 1 N–H and O–H groups in total. The van der Waals surface area contributed by atoms with E-state index in [1.807, 2.05) is 30.3 Å². The van der Waals surface area contributed by atoms with E-state index in [-0.39, 0.29) is 17.9 Å². The van der Waals surface area contributed by atoms with E-state index in [0.29, 0.717) is 12.8 Å². The summed E-state index contributed by atoms with van der Waals surface area (Å²) in [6.45, 7) is 5.29. The Morgan fingerprint density at radius 1 is 1.30 bits per heavy atom. The first-order valence-corrected chi connectivity index (χ1v) is 9.99. The molecule has 1 aromatic carbocycles. The standard InChI is InChI=1S/C22H31NO4/c1-3-7-20(17-9-11-19(25-2)12-10-17)23-21(24)16-18-8-4-5-13-22(18)26-14-6-15-27-22/h3,9-12,18,20H,1,4-8,13-16H2,2H3,(H,23,24)/t18?,20-/m1/s1. The topological polar surface area (TPSA) is 56.8 Å². The molecule has 1 amide bonds. The van der Waals surface area contributed by atoms with Crippen molar-refractivity contribution >= 4 is 5.91 Å². The Kier molecular flexibility index (Phi) is 6.91. The van der Waals surface area contributed by atoms with Crippen LogP contribution in [0.4, 0.5) is 0 Å². The average molecular weight is 373 g/mol. The van der Waals surface area contributed by atoms with Crippen LogP contribution in [0.25, 0.3) is 0 Å². The predicted molar refractivity (Wildman–Crippen MR) is 105 cm³/mol. The second-order valence-corrected chi connectivity index (χ2v) is 7.43. The number of hydrogen-bond donors (Lipinski definition) is 1. The fraction of sp³-hybridized carbons (Fsp3) is 0.591. The zero-order chi connectivity index (χ0) is 19.1. The van der Waals surface area contributed by atoms with Gasteiger partial charge in [-0.05, 0) is 43.4 Å². The summed E-state index contributed by atoms with van der Waals surface area (Å²) in [4.78, 5) is 12.8. The number of methoxy groups -OCH3 is 1. The largest absolute Gasteiger partial charge is 0.497 e.